The monoisotopic (exact) mass is 566 g/mol. The van der Waals surface area contributed by atoms with Crippen molar-refractivity contribution in [2.75, 3.05) is 13.1 Å². The second kappa shape index (κ2) is 11.6. The molecule has 0 bridgehead atoms. The molecule has 0 aromatic heterocycles. The van der Waals surface area contributed by atoms with Crippen molar-refractivity contribution in [1.29, 1.82) is 0 Å². The molecule has 6 rings (SSSR count). The van der Waals surface area contributed by atoms with Crippen molar-refractivity contribution in [2.24, 2.45) is 0 Å². The fourth-order valence-electron chi connectivity index (χ4n) is 5.92. The molecular formula is C33H31ClN4O3. The van der Waals surface area contributed by atoms with Crippen molar-refractivity contribution in [1.82, 2.24) is 20.0 Å². The van der Waals surface area contributed by atoms with E-state index >= 15 is 0 Å². The molecule has 0 saturated carbocycles. The van der Waals surface area contributed by atoms with Gasteiger partial charge < -0.3 is 20.0 Å². The summed E-state index contributed by atoms with van der Waals surface area (Å²) in [5, 5.41) is 5.83. The number of nitrogens with zero attached hydrogens (tertiary/aromatic N) is 3. The summed E-state index contributed by atoms with van der Waals surface area (Å²) in [6, 6.07) is 30.3. The predicted octanol–water partition coefficient (Wildman–Crippen LogP) is 5.22. The van der Waals surface area contributed by atoms with E-state index in [2.05, 4.69) is 23.5 Å². The Labute approximate surface area is 244 Å². The van der Waals surface area contributed by atoms with Gasteiger partial charge in [-0.1, -0.05) is 96.5 Å². The lowest BCUT2D eigenvalue weighted by molar-refractivity contribution is -0.167. The number of rotatable bonds is 6. The molecule has 2 atom stereocenters. The first-order valence-electron chi connectivity index (χ1n) is 13.9. The highest BCUT2D eigenvalue weighted by Crippen LogP contribution is 2.30. The van der Waals surface area contributed by atoms with Crippen molar-refractivity contribution < 1.29 is 14.4 Å². The summed E-state index contributed by atoms with van der Waals surface area (Å²) in [4.78, 5) is 46.2. The number of piperazine rings is 1. The molecule has 4 aromatic rings. The average Bonchev–Trinajstić information content (AvgIpc) is 2.99. The zero-order chi connectivity index (χ0) is 28.3. The van der Waals surface area contributed by atoms with E-state index in [0.29, 0.717) is 31.1 Å². The summed E-state index contributed by atoms with van der Waals surface area (Å²) in [7, 11) is 0. The summed E-state index contributed by atoms with van der Waals surface area (Å²) < 4.78 is 0. The standard InChI is InChI=1S/C33H31ClN4O3/c34-27-15-13-24(14-16-27)20-35-33(41)37-18-17-31(39)38-29(19-23-7-2-1-3-8-23)32(40)36(22-30(37)38)21-26-11-6-10-25-9-4-5-12-28(25)26/h1-16,29-30H,17-22H2,(H,35,41)/t29-,30+/m0/s1. The van der Waals surface area contributed by atoms with Crippen LogP contribution in [-0.4, -0.2) is 57.8 Å². The van der Waals surface area contributed by atoms with E-state index in [-0.39, 0.29) is 30.8 Å². The third-order valence-electron chi connectivity index (χ3n) is 7.98. The van der Waals surface area contributed by atoms with Crippen molar-refractivity contribution in [3.05, 3.63) is 119 Å². The Kier molecular flexibility index (Phi) is 7.61. The summed E-state index contributed by atoms with van der Waals surface area (Å²) in [6.07, 6.45) is -0.0103. The first kappa shape index (κ1) is 26.8. The van der Waals surface area contributed by atoms with Gasteiger partial charge in [-0.2, -0.15) is 0 Å². The van der Waals surface area contributed by atoms with Gasteiger partial charge in [0.2, 0.25) is 11.8 Å². The van der Waals surface area contributed by atoms with E-state index in [1.807, 2.05) is 71.6 Å². The summed E-state index contributed by atoms with van der Waals surface area (Å²) in [5.41, 5.74) is 2.92. The van der Waals surface area contributed by atoms with Crippen molar-refractivity contribution in [2.45, 2.75) is 38.1 Å². The Morgan fingerprint density at radius 3 is 2.39 bits per heavy atom. The van der Waals surface area contributed by atoms with Crippen LogP contribution in [0, 0.1) is 0 Å². The lowest BCUT2D eigenvalue weighted by Gasteiger charge is -2.52. The molecule has 0 radical (unpaired) electrons. The van der Waals surface area contributed by atoms with Crippen LogP contribution in [0.5, 0.6) is 0 Å². The van der Waals surface area contributed by atoms with E-state index in [0.717, 1.165) is 27.5 Å². The topological polar surface area (TPSA) is 73.0 Å². The smallest absolute Gasteiger partial charge is 0.319 e. The minimum absolute atomic E-state index is 0.101. The van der Waals surface area contributed by atoms with E-state index in [9.17, 15) is 14.4 Å². The Hall–Kier alpha value is -4.36. The lowest BCUT2D eigenvalue weighted by Crippen LogP contribution is -2.72. The molecular weight excluding hydrogens is 536 g/mol. The van der Waals surface area contributed by atoms with Crippen LogP contribution >= 0.6 is 11.6 Å². The number of fused-ring (bicyclic) bond motifs is 2. The van der Waals surface area contributed by atoms with Crippen molar-refractivity contribution in [3.63, 3.8) is 0 Å². The van der Waals surface area contributed by atoms with E-state index < -0.39 is 12.2 Å². The van der Waals surface area contributed by atoms with Gasteiger partial charge in [0.1, 0.15) is 12.2 Å². The second-order valence-corrected chi connectivity index (χ2v) is 11.0. The molecule has 2 aliphatic rings. The van der Waals surface area contributed by atoms with Crippen LogP contribution in [-0.2, 0) is 29.1 Å². The SMILES string of the molecule is O=C1[C@H](Cc2ccccc2)N2C(=O)CCN(C(=O)NCc3ccc(Cl)cc3)[C@H]2CN1Cc1cccc2ccccc12. The number of urea groups is 1. The average molecular weight is 567 g/mol. The summed E-state index contributed by atoms with van der Waals surface area (Å²) in [5.74, 6) is -0.203. The summed E-state index contributed by atoms with van der Waals surface area (Å²) >= 11 is 6.01. The Morgan fingerprint density at radius 1 is 0.854 bits per heavy atom. The Morgan fingerprint density at radius 2 is 1.59 bits per heavy atom. The summed E-state index contributed by atoms with van der Waals surface area (Å²) in [6.45, 7) is 1.26. The van der Waals surface area contributed by atoms with Gasteiger partial charge in [0.05, 0.1) is 6.54 Å². The molecule has 2 aliphatic heterocycles. The van der Waals surface area contributed by atoms with Crippen molar-refractivity contribution >= 4 is 40.2 Å². The fourth-order valence-corrected chi connectivity index (χ4v) is 6.04. The van der Waals surface area contributed by atoms with Gasteiger partial charge in [0.25, 0.3) is 0 Å². The molecule has 7 nitrogen and oxygen atoms in total. The Balaban J connectivity index is 1.30. The number of carbonyl (C=O) groups excluding carboxylic acids is 3. The first-order valence-corrected chi connectivity index (χ1v) is 14.2. The Bertz CT molecular complexity index is 1570. The molecule has 2 heterocycles. The number of benzene rings is 4. The lowest BCUT2D eigenvalue weighted by atomic mass is 9.96. The fraction of sp³-hybridized carbons (Fsp3) is 0.242. The molecule has 2 fully saturated rings. The zero-order valence-corrected chi connectivity index (χ0v) is 23.3. The van der Waals surface area contributed by atoms with E-state index in [1.165, 1.54) is 0 Å². The highest BCUT2D eigenvalue weighted by atomic mass is 35.5. The highest BCUT2D eigenvalue weighted by Gasteiger charge is 2.48. The number of amides is 4. The third kappa shape index (κ3) is 5.63. The molecule has 41 heavy (non-hydrogen) atoms. The molecule has 0 unspecified atom stereocenters. The third-order valence-corrected chi connectivity index (χ3v) is 8.23. The first-order chi connectivity index (χ1) is 20.0. The van der Waals surface area contributed by atoms with Crippen LogP contribution < -0.4 is 5.32 Å². The normalized spacial score (nSPS) is 18.9. The molecule has 4 amide bonds. The molecule has 4 aromatic carbocycles. The molecule has 1 N–H and O–H groups in total. The highest BCUT2D eigenvalue weighted by molar-refractivity contribution is 6.30. The largest absolute Gasteiger partial charge is 0.334 e. The number of nitrogens with one attached hydrogen (secondary N) is 1. The number of hydrogen-bond acceptors (Lipinski definition) is 3. The maximum atomic E-state index is 14.1. The molecule has 0 aliphatic carbocycles. The maximum absolute atomic E-state index is 14.1. The zero-order valence-electron chi connectivity index (χ0n) is 22.6. The second-order valence-electron chi connectivity index (χ2n) is 10.6. The number of carbonyl (C=O) groups is 3. The predicted molar refractivity (Wildman–Crippen MR) is 159 cm³/mol. The maximum Gasteiger partial charge on any atom is 0.319 e. The van der Waals surface area contributed by atoms with E-state index in [1.54, 1.807) is 21.9 Å². The minimum Gasteiger partial charge on any atom is -0.334 e. The van der Waals surface area contributed by atoms with Crippen LogP contribution in [0.3, 0.4) is 0 Å². The van der Waals surface area contributed by atoms with Crippen molar-refractivity contribution in [3.8, 4) is 0 Å². The number of halogens is 1. The van der Waals surface area contributed by atoms with Gasteiger partial charge in [-0.25, -0.2) is 4.79 Å². The molecule has 0 spiro atoms. The molecule has 208 valence electrons. The molecule has 2 saturated heterocycles. The van der Waals surface area contributed by atoms with Gasteiger partial charge >= 0.3 is 6.03 Å². The molecule has 8 heteroatoms. The van der Waals surface area contributed by atoms with Crippen LogP contribution in [0.2, 0.25) is 5.02 Å². The van der Waals surface area contributed by atoms with Crippen LogP contribution in [0.1, 0.15) is 23.1 Å². The van der Waals surface area contributed by atoms with Gasteiger partial charge in [-0.15, -0.1) is 0 Å². The van der Waals surface area contributed by atoms with Gasteiger partial charge in [-0.05, 0) is 39.6 Å². The van der Waals surface area contributed by atoms with Crippen LogP contribution in [0.25, 0.3) is 10.8 Å². The minimum atomic E-state index is -0.703. The van der Waals surface area contributed by atoms with Crippen LogP contribution in [0.15, 0.2) is 97.1 Å². The van der Waals surface area contributed by atoms with Gasteiger partial charge in [-0.3, -0.25) is 9.59 Å². The van der Waals surface area contributed by atoms with Gasteiger partial charge in [0.15, 0.2) is 0 Å². The number of hydrogen-bond donors (Lipinski definition) is 1. The quantitative estimate of drug-likeness (QED) is 0.348. The van der Waals surface area contributed by atoms with Crippen LogP contribution in [0.4, 0.5) is 4.79 Å². The van der Waals surface area contributed by atoms with E-state index in [4.69, 9.17) is 11.6 Å². The van der Waals surface area contributed by atoms with Gasteiger partial charge in [0, 0.05) is 37.5 Å².